The van der Waals surface area contributed by atoms with E-state index in [-0.39, 0.29) is 27.9 Å². The van der Waals surface area contributed by atoms with Crippen LogP contribution in [0.5, 0.6) is 0 Å². The minimum atomic E-state index is -4.56. The molecule has 37 heavy (non-hydrogen) atoms. The topological polar surface area (TPSA) is 119 Å². The number of benzene rings is 1. The van der Waals surface area contributed by atoms with Crippen molar-refractivity contribution in [3.05, 3.63) is 70.1 Å². The Hall–Kier alpha value is -2.74. The van der Waals surface area contributed by atoms with Crippen molar-refractivity contribution < 1.29 is 37.2 Å². The number of pyridine rings is 1. The van der Waals surface area contributed by atoms with E-state index < -0.39 is 40.9 Å². The molecule has 3 heterocycles. The van der Waals surface area contributed by atoms with E-state index in [1.807, 2.05) is 6.07 Å². The van der Waals surface area contributed by atoms with E-state index >= 15 is 0 Å². The van der Waals surface area contributed by atoms with Crippen molar-refractivity contribution in [1.29, 1.82) is 0 Å². The molecule has 1 aromatic heterocycles. The molecule has 0 radical (unpaired) electrons. The molecule has 4 rings (SSSR count). The first-order valence-corrected chi connectivity index (χ1v) is 13.3. The van der Waals surface area contributed by atoms with Gasteiger partial charge in [0.25, 0.3) is 5.91 Å². The zero-order valence-corrected chi connectivity index (χ0v) is 21.3. The summed E-state index contributed by atoms with van der Waals surface area (Å²) in [7, 11) is 0. The number of fused-ring (bicyclic) bond motifs is 1. The molecule has 8 nitrogen and oxygen atoms in total. The molecular weight excluding hydrogens is 553 g/mol. The summed E-state index contributed by atoms with van der Waals surface area (Å²) in [6, 6.07) is 5.45. The summed E-state index contributed by atoms with van der Waals surface area (Å²) < 4.78 is 40.7. The van der Waals surface area contributed by atoms with Crippen LogP contribution in [0.4, 0.5) is 13.2 Å². The first-order valence-electron chi connectivity index (χ1n) is 10.8. The number of nitrogens with zero attached hydrogens (tertiary/aromatic N) is 2. The molecule has 2 atom stereocenters. The second-order valence-corrected chi connectivity index (χ2v) is 10.7. The predicted octanol–water partition coefficient (Wildman–Crippen LogP) is 1.30. The van der Waals surface area contributed by atoms with Crippen LogP contribution in [0.25, 0.3) is 0 Å². The molecule has 196 valence electrons. The summed E-state index contributed by atoms with van der Waals surface area (Å²) in [5, 5.41) is 13.9. The van der Waals surface area contributed by atoms with E-state index in [2.05, 4.69) is 5.32 Å². The fraction of sp³-hybridized carbons (Fsp3) is 0.304. The van der Waals surface area contributed by atoms with Gasteiger partial charge in [-0.3, -0.25) is 14.5 Å². The van der Waals surface area contributed by atoms with Crippen molar-refractivity contribution in [1.82, 2.24) is 10.2 Å². The number of nitrogens with one attached hydrogen (secondary N) is 1. The number of rotatable bonds is 8. The van der Waals surface area contributed by atoms with Crippen LogP contribution in [0.3, 0.4) is 0 Å². The lowest BCUT2D eigenvalue weighted by atomic mass is 10.0. The van der Waals surface area contributed by atoms with E-state index in [9.17, 15) is 32.7 Å². The van der Waals surface area contributed by atoms with E-state index in [1.165, 1.54) is 11.8 Å². The number of halogens is 4. The number of carboxylic acids is 1. The molecule has 2 amide bonds. The third-order valence-electron chi connectivity index (χ3n) is 5.70. The van der Waals surface area contributed by atoms with Crippen LogP contribution < -0.4 is 20.7 Å². The van der Waals surface area contributed by atoms with Crippen LogP contribution >= 0.6 is 35.1 Å². The molecule has 2 aliphatic heterocycles. The number of aliphatic carboxylic acids is 1. The highest BCUT2D eigenvalue weighted by atomic mass is 35.5. The van der Waals surface area contributed by atoms with E-state index in [0.717, 1.165) is 40.4 Å². The van der Waals surface area contributed by atoms with Crippen molar-refractivity contribution in [2.45, 2.75) is 35.6 Å². The number of carbonyl (C=O) groups excluding carboxylic acids is 3. The largest absolute Gasteiger partial charge is 0.543 e. The standard InChI is InChI=1S/C23H20ClF3N4O4S2/c24-15-4-3-14(23(25,26)27)6-16(15)36-11-17(32)29-18-20(33)31-19(22(34)35)13(10-37-21(18)31)9-30-5-1-2-12(7-28)8-30/h1-6,8,18,21H,7,9-11,28H2,(H-,29,32,34,35)/t18-,21-/m1/s1. The van der Waals surface area contributed by atoms with Gasteiger partial charge in [-0.15, -0.1) is 23.5 Å². The molecule has 0 unspecified atom stereocenters. The Kier molecular flexibility index (Phi) is 8.07. The Labute approximate surface area is 223 Å². The Morgan fingerprint density at radius 1 is 1.32 bits per heavy atom. The first kappa shape index (κ1) is 27.3. The number of alkyl halides is 3. The number of hydrogen-bond acceptors (Lipinski definition) is 7. The number of hydrogen-bond donors (Lipinski definition) is 2. The average molecular weight is 573 g/mol. The van der Waals surface area contributed by atoms with Gasteiger partial charge in [0, 0.05) is 34.4 Å². The van der Waals surface area contributed by atoms with Crippen LogP contribution in [-0.4, -0.2) is 45.6 Å². The van der Waals surface area contributed by atoms with Crippen LogP contribution in [0, 0.1) is 0 Å². The summed E-state index contributed by atoms with van der Waals surface area (Å²) >= 11 is 8.06. The van der Waals surface area contributed by atoms with Gasteiger partial charge in [-0.2, -0.15) is 13.2 Å². The van der Waals surface area contributed by atoms with E-state index in [0.29, 0.717) is 17.9 Å². The maximum absolute atomic E-state index is 13.0. The van der Waals surface area contributed by atoms with Crippen LogP contribution in [0.15, 0.2) is 58.9 Å². The molecule has 1 fully saturated rings. The minimum Gasteiger partial charge on any atom is -0.543 e. The summed E-state index contributed by atoms with van der Waals surface area (Å²) in [6.45, 7) is 0.528. The maximum atomic E-state index is 13.0. The third kappa shape index (κ3) is 5.89. The monoisotopic (exact) mass is 572 g/mol. The molecule has 1 aromatic carbocycles. The highest BCUT2D eigenvalue weighted by Gasteiger charge is 2.53. The van der Waals surface area contributed by atoms with Gasteiger partial charge in [-0.1, -0.05) is 11.6 Å². The van der Waals surface area contributed by atoms with Crippen molar-refractivity contribution in [3.8, 4) is 0 Å². The van der Waals surface area contributed by atoms with Gasteiger partial charge < -0.3 is 21.0 Å². The molecule has 1 saturated heterocycles. The highest BCUT2D eigenvalue weighted by Crippen LogP contribution is 2.40. The zero-order chi connectivity index (χ0) is 26.9. The lowest BCUT2D eigenvalue weighted by molar-refractivity contribution is -0.689. The van der Waals surface area contributed by atoms with Gasteiger partial charge in [-0.05, 0) is 24.3 Å². The molecule has 0 bridgehead atoms. The van der Waals surface area contributed by atoms with Crippen molar-refractivity contribution in [3.63, 3.8) is 0 Å². The van der Waals surface area contributed by atoms with E-state index in [1.54, 1.807) is 23.0 Å². The number of thioether (sulfide) groups is 2. The molecule has 0 spiro atoms. The third-order valence-corrected chi connectivity index (χ3v) is 8.54. The number of nitrogens with two attached hydrogens (primary N) is 1. The molecule has 0 aliphatic carbocycles. The van der Waals surface area contributed by atoms with Crippen LogP contribution in [0.2, 0.25) is 5.02 Å². The van der Waals surface area contributed by atoms with Gasteiger partial charge >= 0.3 is 6.18 Å². The summed E-state index contributed by atoms with van der Waals surface area (Å²) in [5.41, 5.74) is 5.87. The predicted molar refractivity (Wildman–Crippen MR) is 129 cm³/mol. The lowest BCUT2D eigenvalue weighted by Crippen LogP contribution is -2.71. The second-order valence-electron chi connectivity index (χ2n) is 8.21. The maximum Gasteiger partial charge on any atom is 0.416 e. The molecule has 2 aliphatic rings. The zero-order valence-electron chi connectivity index (χ0n) is 19.0. The van der Waals surface area contributed by atoms with Crippen molar-refractivity contribution in [2.24, 2.45) is 5.73 Å². The van der Waals surface area contributed by atoms with Gasteiger partial charge in [0.1, 0.15) is 11.4 Å². The smallest absolute Gasteiger partial charge is 0.416 e. The van der Waals surface area contributed by atoms with Crippen LogP contribution in [-0.2, 0) is 33.6 Å². The fourth-order valence-corrected chi connectivity index (χ4v) is 6.36. The number of carbonyl (C=O) groups is 3. The Morgan fingerprint density at radius 2 is 2.08 bits per heavy atom. The molecule has 0 saturated carbocycles. The number of β-lactam (4-membered cyclic amide) rings is 1. The fourth-order valence-electron chi connectivity index (χ4n) is 3.96. The Bertz CT molecular complexity index is 1290. The summed E-state index contributed by atoms with van der Waals surface area (Å²) in [5.74, 6) is -2.70. The Balaban J connectivity index is 1.42. The molecule has 14 heteroatoms. The number of aromatic nitrogens is 1. The van der Waals surface area contributed by atoms with Crippen molar-refractivity contribution in [2.75, 3.05) is 11.5 Å². The molecule has 2 aromatic rings. The minimum absolute atomic E-state index is 0.0608. The first-order chi connectivity index (χ1) is 17.5. The van der Waals surface area contributed by atoms with Gasteiger partial charge in [0.05, 0.1) is 28.0 Å². The highest BCUT2D eigenvalue weighted by molar-refractivity contribution is 8.00. The second kappa shape index (κ2) is 10.9. The SMILES string of the molecule is NCc1ccc[n+](CC2=C(C(=O)[O-])N3C(=O)[C@@H](NC(=O)CSc4cc(C(F)(F)F)ccc4Cl)[C@H]3SC2)c1. The lowest BCUT2D eigenvalue weighted by Gasteiger charge is -2.50. The number of carboxylic acid groups (broad SMARTS) is 1. The Morgan fingerprint density at radius 3 is 2.76 bits per heavy atom. The quantitative estimate of drug-likeness (QED) is 0.278. The molecule has 3 N–H and O–H groups in total. The van der Waals surface area contributed by atoms with Gasteiger partial charge in [-0.25, -0.2) is 4.57 Å². The normalized spacial score (nSPS) is 19.4. The summed E-state index contributed by atoms with van der Waals surface area (Å²) in [4.78, 5) is 38.4. The van der Waals surface area contributed by atoms with E-state index in [4.69, 9.17) is 17.3 Å². The number of amides is 2. The molecular formula is C23H20ClF3N4O4S2. The van der Waals surface area contributed by atoms with Gasteiger partial charge in [0.2, 0.25) is 5.91 Å². The van der Waals surface area contributed by atoms with Gasteiger partial charge in [0.15, 0.2) is 18.9 Å². The van der Waals surface area contributed by atoms with Crippen LogP contribution in [0.1, 0.15) is 11.1 Å². The average Bonchev–Trinajstić information content (AvgIpc) is 2.85. The van der Waals surface area contributed by atoms with Crippen molar-refractivity contribution >= 4 is 52.9 Å². The summed E-state index contributed by atoms with van der Waals surface area (Å²) in [6.07, 6.45) is -1.02.